The van der Waals surface area contributed by atoms with Gasteiger partial charge in [-0.25, -0.2) is 4.79 Å². The summed E-state index contributed by atoms with van der Waals surface area (Å²) in [6.07, 6.45) is 3.53. The molecule has 7 heteroatoms. The number of hydrogen-bond acceptors (Lipinski definition) is 4. The zero-order valence-electron chi connectivity index (χ0n) is 19.0. The maximum Gasteiger partial charge on any atom is 0.407 e. The average molecular weight is 463 g/mol. The van der Waals surface area contributed by atoms with Crippen molar-refractivity contribution in [2.24, 2.45) is 11.8 Å². The van der Waals surface area contributed by atoms with Crippen LogP contribution in [0, 0.1) is 11.8 Å². The second-order valence-corrected chi connectivity index (χ2v) is 9.67. The third kappa shape index (κ3) is 4.39. The summed E-state index contributed by atoms with van der Waals surface area (Å²) >= 11 is 0. The molecule has 3 aliphatic carbocycles. The molecule has 0 radical (unpaired) electrons. The molecular weight excluding hydrogens is 432 g/mol. The highest BCUT2D eigenvalue weighted by Crippen LogP contribution is 2.44. The summed E-state index contributed by atoms with van der Waals surface area (Å²) in [6, 6.07) is 16.0. The number of alkyl carbamates (subject to hydrolysis) is 1. The first kappa shape index (κ1) is 22.4. The van der Waals surface area contributed by atoms with Crippen LogP contribution in [-0.4, -0.2) is 41.8 Å². The van der Waals surface area contributed by atoms with Gasteiger partial charge in [-0.2, -0.15) is 0 Å². The fourth-order valence-electron chi connectivity index (χ4n) is 5.88. The van der Waals surface area contributed by atoms with Crippen molar-refractivity contribution in [1.29, 1.82) is 0 Å². The van der Waals surface area contributed by atoms with Crippen molar-refractivity contribution >= 4 is 18.0 Å². The van der Waals surface area contributed by atoms with E-state index in [4.69, 9.17) is 4.74 Å². The van der Waals surface area contributed by atoms with Gasteiger partial charge in [0.05, 0.1) is 11.8 Å². The minimum atomic E-state index is -0.799. The van der Waals surface area contributed by atoms with Gasteiger partial charge >= 0.3 is 12.1 Å². The Labute approximate surface area is 198 Å². The number of rotatable bonds is 6. The first-order valence-corrected chi connectivity index (χ1v) is 12.2. The maximum absolute atomic E-state index is 12.9. The van der Waals surface area contributed by atoms with Crippen molar-refractivity contribution in [2.75, 3.05) is 6.61 Å². The van der Waals surface area contributed by atoms with Crippen LogP contribution >= 0.6 is 0 Å². The highest BCUT2D eigenvalue weighted by molar-refractivity contribution is 5.82. The summed E-state index contributed by atoms with van der Waals surface area (Å²) in [5.41, 5.74) is 4.67. The van der Waals surface area contributed by atoms with E-state index in [2.05, 4.69) is 34.9 Å². The lowest BCUT2D eigenvalue weighted by Crippen LogP contribution is -2.46. The third-order valence-corrected chi connectivity index (χ3v) is 7.63. The number of carboxylic acids is 1. The number of carbonyl (C=O) groups excluding carboxylic acids is 2. The van der Waals surface area contributed by atoms with Crippen LogP contribution in [0.4, 0.5) is 4.79 Å². The molecule has 3 aliphatic rings. The Morgan fingerprint density at radius 2 is 1.56 bits per heavy atom. The van der Waals surface area contributed by atoms with Gasteiger partial charge in [0.25, 0.3) is 0 Å². The maximum atomic E-state index is 12.9. The van der Waals surface area contributed by atoms with E-state index in [1.54, 1.807) is 0 Å². The van der Waals surface area contributed by atoms with E-state index in [0.29, 0.717) is 25.7 Å². The van der Waals surface area contributed by atoms with Crippen LogP contribution in [0.5, 0.6) is 0 Å². The van der Waals surface area contributed by atoms with Crippen LogP contribution in [0.2, 0.25) is 0 Å². The molecule has 3 N–H and O–H groups in total. The molecule has 7 nitrogen and oxygen atoms in total. The highest BCUT2D eigenvalue weighted by atomic mass is 16.5. The Hall–Kier alpha value is -3.35. The van der Waals surface area contributed by atoms with Gasteiger partial charge in [-0.05, 0) is 54.4 Å². The van der Waals surface area contributed by atoms with E-state index in [-0.39, 0.29) is 42.4 Å². The molecule has 2 unspecified atom stereocenters. The molecule has 5 rings (SSSR count). The molecule has 2 saturated carbocycles. The van der Waals surface area contributed by atoms with Gasteiger partial charge in [-0.1, -0.05) is 55.0 Å². The summed E-state index contributed by atoms with van der Waals surface area (Å²) in [5, 5.41) is 15.1. The van der Waals surface area contributed by atoms with Gasteiger partial charge in [-0.3, -0.25) is 9.59 Å². The summed E-state index contributed by atoms with van der Waals surface area (Å²) in [5.74, 6) is -1.61. The van der Waals surface area contributed by atoms with Crippen molar-refractivity contribution < 1.29 is 24.2 Å². The molecule has 0 spiro atoms. The molecule has 2 aromatic carbocycles. The number of carboxylic acid groups (broad SMARTS) is 1. The largest absolute Gasteiger partial charge is 0.481 e. The van der Waals surface area contributed by atoms with Crippen LogP contribution in [0.15, 0.2) is 48.5 Å². The number of amides is 2. The standard InChI is InChI=1S/C27H30N2O5/c30-25(28-17-13-12-16(14-17)26(31)32)22-10-5-11-24(22)29-27(33)34-15-23-20-8-3-1-6-18(20)19-7-2-4-9-21(19)23/h1-4,6-9,16-17,22-24H,5,10-15H2,(H,28,30)(H,29,33)(H,31,32)/t16?,17?,22-,24+/m1/s1. The first-order valence-electron chi connectivity index (χ1n) is 12.2. The predicted octanol–water partition coefficient (Wildman–Crippen LogP) is 4.06. The summed E-state index contributed by atoms with van der Waals surface area (Å²) < 4.78 is 5.66. The second-order valence-electron chi connectivity index (χ2n) is 9.67. The predicted molar refractivity (Wildman–Crippen MR) is 126 cm³/mol. The quantitative estimate of drug-likeness (QED) is 0.600. The van der Waals surface area contributed by atoms with Crippen LogP contribution in [0.1, 0.15) is 55.6 Å². The molecule has 0 saturated heterocycles. The molecule has 0 bridgehead atoms. The number of fused-ring (bicyclic) bond motifs is 3. The van der Waals surface area contributed by atoms with E-state index >= 15 is 0 Å². The zero-order valence-corrected chi connectivity index (χ0v) is 19.0. The van der Waals surface area contributed by atoms with Gasteiger partial charge in [0.1, 0.15) is 6.61 Å². The number of aliphatic carboxylic acids is 1. The molecule has 2 fully saturated rings. The SMILES string of the molecule is O=C(N[C@H]1CCC[C@H]1C(=O)NC1CCC(C(=O)O)C1)OCC1c2ccccc2-c2ccccc21. The third-order valence-electron chi connectivity index (χ3n) is 7.63. The highest BCUT2D eigenvalue weighted by Gasteiger charge is 2.37. The zero-order chi connectivity index (χ0) is 23.7. The molecule has 4 atom stereocenters. The number of ether oxygens (including phenoxy) is 1. The number of hydrogen-bond donors (Lipinski definition) is 3. The van der Waals surface area contributed by atoms with Crippen LogP contribution in [-0.2, 0) is 14.3 Å². The molecule has 0 aliphatic heterocycles. The topological polar surface area (TPSA) is 105 Å². The fourth-order valence-corrected chi connectivity index (χ4v) is 5.88. The Bertz CT molecular complexity index is 1050. The van der Waals surface area contributed by atoms with Gasteiger partial charge in [0, 0.05) is 18.0 Å². The molecule has 0 heterocycles. The van der Waals surface area contributed by atoms with Crippen molar-refractivity contribution in [3.05, 3.63) is 59.7 Å². The Kier molecular flexibility index (Phi) is 6.26. The number of benzene rings is 2. The van der Waals surface area contributed by atoms with E-state index in [0.717, 1.165) is 24.0 Å². The van der Waals surface area contributed by atoms with Gasteiger partial charge in [-0.15, -0.1) is 0 Å². The van der Waals surface area contributed by atoms with Gasteiger partial charge in [0.2, 0.25) is 5.91 Å². The van der Waals surface area contributed by atoms with E-state index in [9.17, 15) is 19.5 Å². The summed E-state index contributed by atoms with van der Waals surface area (Å²) in [4.78, 5) is 36.7. The van der Waals surface area contributed by atoms with E-state index in [1.165, 1.54) is 11.1 Å². The molecule has 2 amide bonds. The van der Waals surface area contributed by atoms with E-state index in [1.807, 2.05) is 24.3 Å². The number of nitrogens with one attached hydrogen (secondary N) is 2. The monoisotopic (exact) mass is 462 g/mol. The van der Waals surface area contributed by atoms with Crippen molar-refractivity contribution in [2.45, 2.75) is 56.5 Å². The van der Waals surface area contributed by atoms with Crippen LogP contribution in [0.3, 0.4) is 0 Å². The first-order chi connectivity index (χ1) is 16.5. The normalized spacial score (nSPS) is 25.4. The van der Waals surface area contributed by atoms with Crippen molar-refractivity contribution in [1.82, 2.24) is 10.6 Å². The molecular formula is C27H30N2O5. The lowest BCUT2D eigenvalue weighted by Gasteiger charge is -2.23. The molecule has 178 valence electrons. The lowest BCUT2D eigenvalue weighted by molar-refractivity contribution is -0.141. The Balaban J connectivity index is 1.17. The lowest BCUT2D eigenvalue weighted by atomic mass is 9.98. The van der Waals surface area contributed by atoms with Crippen molar-refractivity contribution in [3.63, 3.8) is 0 Å². The number of carbonyl (C=O) groups is 3. The summed E-state index contributed by atoms with van der Waals surface area (Å²) in [7, 11) is 0. The molecule has 34 heavy (non-hydrogen) atoms. The van der Waals surface area contributed by atoms with Crippen LogP contribution in [0.25, 0.3) is 11.1 Å². The molecule has 0 aromatic heterocycles. The van der Waals surface area contributed by atoms with Crippen LogP contribution < -0.4 is 10.6 Å². The van der Waals surface area contributed by atoms with Gasteiger partial charge in [0.15, 0.2) is 0 Å². The fraction of sp³-hybridized carbons (Fsp3) is 0.444. The smallest absolute Gasteiger partial charge is 0.407 e. The van der Waals surface area contributed by atoms with Crippen molar-refractivity contribution in [3.8, 4) is 11.1 Å². The minimum Gasteiger partial charge on any atom is -0.481 e. The summed E-state index contributed by atoms with van der Waals surface area (Å²) in [6.45, 7) is 0.238. The average Bonchev–Trinajstić information content (AvgIpc) is 3.56. The Morgan fingerprint density at radius 3 is 2.21 bits per heavy atom. The molecule has 2 aromatic rings. The van der Waals surface area contributed by atoms with E-state index < -0.39 is 12.1 Å². The second kappa shape index (κ2) is 9.49. The minimum absolute atomic E-state index is 0.00892. The Morgan fingerprint density at radius 1 is 0.882 bits per heavy atom. The van der Waals surface area contributed by atoms with Gasteiger partial charge < -0.3 is 20.5 Å².